The number of hydrogen-bond donors (Lipinski definition) is 2. The van der Waals surface area contributed by atoms with E-state index in [4.69, 9.17) is 9.84 Å². The number of nitrogens with one attached hydrogen (secondary N) is 1. The number of aliphatic carboxylic acids is 1. The number of para-hydroxylation sites is 1. The fourth-order valence-electron chi connectivity index (χ4n) is 3.37. The van der Waals surface area contributed by atoms with Crippen LogP contribution in [0.4, 0.5) is 5.69 Å². The molecule has 1 amide bonds. The maximum Gasteiger partial charge on any atom is 0.306 e. The zero-order valence-corrected chi connectivity index (χ0v) is 15.4. The van der Waals surface area contributed by atoms with Crippen LogP contribution in [0, 0.1) is 5.92 Å². The highest BCUT2D eigenvalue weighted by molar-refractivity contribution is 6.06. The van der Waals surface area contributed by atoms with Crippen LogP contribution in [0.25, 0.3) is 0 Å². The van der Waals surface area contributed by atoms with Crippen molar-refractivity contribution >= 4 is 17.6 Å². The summed E-state index contributed by atoms with van der Waals surface area (Å²) in [5.41, 5.74) is 2.30. The number of anilines is 1. The van der Waals surface area contributed by atoms with Crippen molar-refractivity contribution in [2.75, 3.05) is 25.5 Å². The van der Waals surface area contributed by atoms with Crippen molar-refractivity contribution in [2.24, 2.45) is 5.92 Å². The molecule has 1 aliphatic heterocycles. The first-order valence-corrected chi connectivity index (χ1v) is 9.05. The van der Waals surface area contributed by atoms with E-state index < -0.39 is 5.97 Å². The number of nitrogens with zero attached hydrogens (tertiary/aromatic N) is 1. The number of carboxylic acids is 1. The second kappa shape index (κ2) is 8.68. The zero-order valence-electron chi connectivity index (χ0n) is 15.4. The third-order valence-corrected chi connectivity index (χ3v) is 4.88. The molecule has 2 aromatic rings. The van der Waals surface area contributed by atoms with Gasteiger partial charge in [-0.25, -0.2) is 0 Å². The minimum absolute atomic E-state index is 0.216. The fraction of sp³-hybridized carbons (Fsp3) is 0.333. The van der Waals surface area contributed by atoms with E-state index in [0.717, 1.165) is 30.9 Å². The maximum atomic E-state index is 12.5. The SMILES string of the molecule is COc1ccccc1C(=O)Nc1cccc(CN2CCC(C(=O)O)CC2)c1. The number of methoxy groups -OCH3 is 1. The summed E-state index contributed by atoms with van der Waals surface area (Å²) in [4.78, 5) is 25.9. The number of carboxylic acid groups (broad SMARTS) is 1. The van der Waals surface area contributed by atoms with E-state index in [1.54, 1.807) is 25.3 Å². The lowest BCUT2D eigenvalue weighted by Crippen LogP contribution is -2.35. The van der Waals surface area contributed by atoms with Crippen molar-refractivity contribution in [1.82, 2.24) is 4.90 Å². The van der Waals surface area contributed by atoms with Gasteiger partial charge < -0.3 is 15.2 Å². The smallest absolute Gasteiger partial charge is 0.306 e. The first-order valence-electron chi connectivity index (χ1n) is 9.05. The molecule has 0 aromatic heterocycles. The van der Waals surface area contributed by atoms with Gasteiger partial charge in [-0.1, -0.05) is 24.3 Å². The third kappa shape index (κ3) is 4.86. The lowest BCUT2D eigenvalue weighted by Gasteiger charge is -2.30. The molecule has 6 heteroatoms. The number of piperidine rings is 1. The topological polar surface area (TPSA) is 78.9 Å². The molecule has 27 heavy (non-hydrogen) atoms. The molecule has 1 heterocycles. The van der Waals surface area contributed by atoms with E-state index in [-0.39, 0.29) is 11.8 Å². The van der Waals surface area contributed by atoms with Gasteiger partial charge in [-0.3, -0.25) is 14.5 Å². The van der Waals surface area contributed by atoms with Crippen LogP contribution < -0.4 is 10.1 Å². The van der Waals surface area contributed by atoms with Crippen molar-refractivity contribution in [2.45, 2.75) is 19.4 Å². The largest absolute Gasteiger partial charge is 0.496 e. The predicted molar refractivity (Wildman–Crippen MR) is 103 cm³/mol. The van der Waals surface area contributed by atoms with Gasteiger partial charge in [-0.2, -0.15) is 0 Å². The molecular weight excluding hydrogens is 344 g/mol. The highest BCUT2D eigenvalue weighted by atomic mass is 16.5. The maximum absolute atomic E-state index is 12.5. The Balaban J connectivity index is 1.62. The predicted octanol–water partition coefficient (Wildman–Crippen LogP) is 3.24. The second-order valence-corrected chi connectivity index (χ2v) is 6.74. The van der Waals surface area contributed by atoms with Crippen molar-refractivity contribution < 1.29 is 19.4 Å². The van der Waals surface area contributed by atoms with Gasteiger partial charge in [0.15, 0.2) is 0 Å². The summed E-state index contributed by atoms with van der Waals surface area (Å²) in [6.07, 6.45) is 1.36. The van der Waals surface area contributed by atoms with E-state index in [1.807, 2.05) is 30.3 Å². The molecule has 0 aliphatic carbocycles. The monoisotopic (exact) mass is 368 g/mol. The van der Waals surface area contributed by atoms with E-state index in [9.17, 15) is 9.59 Å². The minimum atomic E-state index is -0.698. The van der Waals surface area contributed by atoms with Gasteiger partial charge in [0, 0.05) is 12.2 Å². The average Bonchev–Trinajstić information content (AvgIpc) is 2.68. The van der Waals surface area contributed by atoms with Crippen LogP contribution in [0.2, 0.25) is 0 Å². The Morgan fingerprint density at radius 1 is 1.15 bits per heavy atom. The van der Waals surface area contributed by atoms with Crippen LogP contribution >= 0.6 is 0 Å². The van der Waals surface area contributed by atoms with Crippen LogP contribution in [0.1, 0.15) is 28.8 Å². The highest BCUT2D eigenvalue weighted by Gasteiger charge is 2.24. The van der Waals surface area contributed by atoms with Gasteiger partial charge in [-0.15, -0.1) is 0 Å². The van der Waals surface area contributed by atoms with Gasteiger partial charge >= 0.3 is 5.97 Å². The molecule has 0 bridgehead atoms. The Kier molecular flexibility index (Phi) is 6.08. The summed E-state index contributed by atoms with van der Waals surface area (Å²) >= 11 is 0. The highest BCUT2D eigenvalue weighted by Crippen LogP contribution is 2.22. The first kappa shape index (κ1) is 18.9. The van der Waals surface area contributed by atoms with E-state index in [1.165, 1.54) is 0 Å². The fourth-order valence-corrected chi connectivity index (χ4v) is 3.37. The van der Waals surface area contributed by atoms with Crippen LogP contribution in [-0.4, -0.2) is 42.1 Å². The number of carbonyl (C=O) groups excluding carboxylic acids is 1. The van der Waals surface area contributed by atoms with Crippen LogP contribution in [0.3, 0.4) is 0 Å². The Morgan fingerprint density at radius 2 is 1.89 bits per heavy atom. The molecule has 1 fully saturated rings. The number of hydrogen-bond acceptors (Lipinski definition) is 4. The molecule has 2 aromatic carbocycles. The number of likely N-dealkylation sites (tertiary alicyclic amines) is 1. The van der Waals surface area contributed by atoms with E-state index in [2.05, 4.69) is 10.2 Å². The number of benzene rings is 2. The summed E-state index contributed by atoms with van der Waals surface area (Å²) < 4.78 is 5.24. The molecule has 0 spiro atoms. The van der Waals surface area contributed by atoms with Crippen molar-refractivity contribution in [3.8, 4) is 5.75 Å². The standard InChI is InChI=1S/C21H24N2O4/c1-27-19-8-3-2-7-18(19)20(24)22-17-6-4-5-15(13-17)14-23-11-9-16(10-12-23)21(25)26/h2-8,13,16H,9-12,14H2,1H3,(H,22,24)(H,25,26). The molecule has 0 radical (unpaired) electrons. The Labute approximate surface area is 158 Å². The molecule has 0 unspecified atom stereocenters. The molecule has 2 N–H and O–H groups in total. The summed E-state index contributed by atoms with van der Waals surface area (Å²) in [5.74, 6) is -0.609. The molecule has 142 valence electrons. The summed E-state index contributed by atoms with van der Waals surface area (Å²) in [6.45, 7) is 2.29. The quantitative estimate of drug-likeness (QED) is 0.818. The Hall–Kier alpha value is -2.86. The normalized spacial score (nSPS) is 15.3. The van der Waals surface area contributed by atoms with Crippen LogP contribution in [0.5, 0.6) is 5.75 Å². The molecule has 0 saturated carbocycles. The van der Waals surface area contributed by atoms with Crippen molar-refractivity contribution in [1.29, 1.82) is 0 Å². The molecular formula is C21H24N2O4. The number of ether oxygens (including phenoxy) is 1. The second-order valence-electron chi connectivity index (χ2n) is 6.74. The first-order chi connectivity index (χ1) is 13.1. The Morgan fingerprint density at radius 3 is 2.59 bits per heavy atom. The number of rotatable bonds is 6. The molecule has 1 saturated heterocycles. The number of amides is 1. The van der Waals surface area contributed by atoms with Crippen LogP contribution in [-0.2, 0) is 11.3 Å². The van der Waals surface area contributed by atoms with Gasteiger partial charge in [0.25, 0.3) is 5.91 Å². The van der Waals surface area contributed by atoms with Gasteiger partial charge in [0.05, 0.1) is 18.6 Å². The lowest BCUT2D eigenvalue weighted by atomic mass is 9.97. The molecule has 1 aliphatic rings. The average molecular weight is 368 g/mol. The zero-order chi connectivity index (χ0) is 19.2. The van der Waals surface area contributed by atoms with Crippen molar-refractivity contribution in [3.63, 3.8) is 0 Å². The third-order valence-electron chi connectivity index (χ3n) is 4.88. The van der Waals surface area contributed by atoms with E-state index >= 15 is 0 Å². The summed E-state index contributed by atoms with van der Waals surface area (Å²) in [7, 11) is 1.54. The molecule has 0 atom stereocenters. The Bertz CT molecular complexity index is 813. The van der Waals surface area contributed by atoms with Gasteiger partial charge in [-0.05, 0) is 55.8 Å². The summed E-state index contributed by atoms with van der Waals surface area (Å²) in [5, 5.41) is 12.0. The minimum Gasteiger partial charge on any atom is -0.496 e. The lowest BCUT2D eigenvalue weighted by molar-refractivity contribution is -0.143. The molecule has 6 nitrogen and oxygen atoms in total. The number of carbonyl (C=O) groups is 2. The molecule has 3 rings (SSSR count). The van der Waals surface area contributed by atoms with Gasteiger partial charge in [0.2, 0.25) is 0 Å². The summed E-state index contributed by atoms with van der Waals surface area (Å²) in [6, 6.07) is 14.8. The van der Waals surface area contributed by atoms with Crippen LogP contribution in [0.15, 0.2) is 48.5 Å². The van der Waals surface area contributed by atoms with Crippen molar-refractivity contribution in [3.05, 3.63) is 59.7 Å². The van der Waals surface area contributed by atoms with E-state index in [0.29, 0.717) is 24.2 Å². The van der Waals surface area contributed by atoms with Gasteiger partial charge in [0.1, 0.15) is 5.75 Å².